The fourth-order valence-electron chi connectivity index (χ4n) is 2.27. The molecule has 0 aromatic carbocycles. The fourth-order valence-corrected chi connectivity index (χ4v) is 2.27. The summed E-state index contributed by atoms with van der Waals surface area (Å²) in [6, 6.07) is 0.374. The van der Waals surface area contributed by atoms with Gasteiger partial charge >= 0.3 is 0 Å². The molecule has 4 nitrogen and oxygen atoms in total. The molecule has 0 bridgehead atoms. The third-order valence-corrected chi connectivity index (χ3v) is 3.50. The SMILES string of the molecule is COCCC(C)C(CCC1CCCO1)NN. The Labute approximate surface area is 98.8 Å². The van der Waals surface area contributed by atoms with Gasteiger partial charge in [-0.25, -0.2) is 0 Å². The zero-order valence-electron chi connectivity index (χ0n) is 10.6. The minimum atomic E-state index is 0.374. The number of ether oxygens (including phenoxy) is 2. The Morgan fingerprint density at radius 2 is 2.31 bits per heavy atom. The molecule has 0 aromatic heterocycles. The molecular formula is C12H26N2O2. The molecule has 4 heteroatoms. The average molecular weight is 230 g/mol. The molecule has 1 heterocycles. The van der Waals surface area contributed by atoms with Crippen molar-refractivity contribution in [3.8, 4) is 0 Å². The first-order valence-electron chi connectivity index (χ1n) is 6.34. The van der Waals surface area contributed by atoms with Gasteiger partial charge in [-0.1, -0.05) is 6.92 Å². The van der Waals surface area contributed by atoms with Gasteiger partial charge in [-0.15, -0.1) is 0 Å². The minimum absolute atomic E-state index is 0.374. The van der Waals surface area contributed by atoms with Crippen LogP contribution in [0.5, 0.6) is 0 Å². The zero-order chi connectivity index (χ0) is 11.8. The smallest absolute Gasteiger partial charge is 0.0576 e. The Morgan fingerprint density at radius 1 is 1.50 bits per heavy atom. The Bertz CT molecular complexity index is 172. The second-order valence-electron chi connectivity index (χ2n) is 4.74. The lowest BCUT2D eigenvalue weighted by Gasteiger charge is -2.24. The molecule has 1 aliphatic heterocycles. The van der Waals surface area contributed by atoms with E-state index in [4.69, 9.17) is 15.3 Å². The van der Waals surface area contributed by atoms with Gasteiger partial charge in [-0.2, -0.15) is 0 Å². The van der Waals surface area contributed by atoms with Crippen LogP contribution in [0.2, 0.25) is 0 Å². The molecule has 3 unspecified atom stereocenters. The summed E-state index contributed by atoms with van der Waals surface area (Å²) in [5.41, 5.74) is 2.92. The van der Waals surface area contributed by atoms with Gasteiger partial charge in [-0.05, 0) is 38.0 Å². The van der Waals surface area contributed by atoms with Crippen LogP contribution in [0, 0.1) is 5.92 Å². The van der Waals surface area contributed by atoms with Gasteiger partial charge in [0.2, 0.25) is 0 Å². The van der Waals surface area contributed by atoms with Crippen molar-refractivity contribution < 1.29 is 9.47 Å². The van der Waals surface area contributed by atoms with Gasteiger partial charge in [0, 0.05) is 26.4 Å². The summed E-state index contributed by atoms with van der Waals surface area (Å²) in [7, 11) is 1.74. The maximum absolute atomic E-state index is 5.62. The van der Waals surface area contributed by atoms with Crippen LogP contribution in [0.3, 0.4) is 0 Å². The molecule has 3 N–H and O–H groups in total. The highest BCUT2D eigenvalue weighted by Gasteiger charge is 2.20. The minimum Gasteiger partial charge on any atom is -0.385 e. The lowest BCUT2D eigenvalue weighted by molar-refractivity contribution is 0.0957. The molecular weight excluding hydrogens is 204 g/mol. The summed E-state index contributed by atoms with van der Waals surface area (Å²) in [6.07, 6.45) is 6.15. The second-order valence-corrected chi connectivity index (χ2v) is 4.74. The van der Waals surface area contributed by atoms with Gasteiger partial charge in [0.25, 0.3) is 0 Å². The van der Waals surface area contributed by atoms with Crippen molar-refractivity contribution in [3.05, 3.63) is 0 Å². The number of hydrogen-bond donors (Lipinski definition) is 2. The van der Waals surface area contributed by atoms with E-state index in [0.717, 1.165) is 32.5 Å². The summed E-state index contributed by atoms with van der Waals surface area (Å²) in [6.45, 7) is 3.96. The van der Waals surface area contributed by atoms with Crippen LogP contribution in [-0.2, 0) is 9.47 Å². The maximum atomic E-state index is 5.62. The predicted molar refractivity (Wildman–Crippen MR) is 65.0 cm³/mol. The third-order valence-electron chi connectivity index (χ3n) is 3.50. The molecule has 96 valence electrons. The highest BCUT2D eigenvalue weighted by molar-refractivity contribution is 4.74. The quantitative estimate of drug-likeness (QED) is 0.489. The monoisotopic (exact) mass is 230 g/mol. The van der Waals surface area contributed by atoms with E-state index in [1.807, 2.05) is 0 Å². The molecule has 16 heavy (non-hydrogen) atoms. The van der Waals surface area contributed by atoms with Gasteiger partial charge < -0.3 is 9.47 Å². The Kier molecular flexibility index (Phi) is 6.96. The van der Waals surface area contributed by atoms with Crippen molar-refractivity contribution in [2.24, 2.45) is 11.8 Å². The molecule has 3 atom stereocenters. The van der Waals surface area contributed by atoms with E-state index in [2.05, 4.69) is 12.3 Å². The van der Waals surface area contributed by atoms with Crippen LogP contribution in [-0.4, -0.2) is 32.5 Å². The Balaban J connectivity index is 2.18. The lowest BCUT2D eigenvalue weighted by Crippen LogP contribution is -2.40. The van der Waals surface area contributed by atoms with E-state index >= 15 is 0 Å². The van der Waals surface area contributed by atoms with Gasteiger partial charge in [-0.3, -0.25) is 11.3 Å². The lowest BCUT2D eigenvalue weighted by atomic mass is 9.93. The molecule has 0 saturated carbocycles. The molecule has 0 amide bonds. The summed E-state index contributed by atoms with van der Waals surface area (Å²) in [5.74, 6) is 6.15. The molecule has 1 fully saturated rings. The second kappa shape index (κ2) is 8.01. The van der Waals surface area contributed by atoms with Crippen LogP contribution in [0.15, 0.2) is 0 Å². The molecule has 0 radical (unpaired) electrons. The predicted octanol–water partition coefficient (Wildman–Crippen LogP) is 1.45. The fraction of sp³-hybridized carbons (Fsp3) is 1.00. The number of nitrogens with one attached hydrogen (secondary N) is 1. The molecule has 0 aliphatic carbocycles. The van der Waals surface area contributed by atoms with E-state index in [9.17, 15) is 0 Å². The van der Waals surface area contributed by atoms with Crippen molar-refractivity contribution in [1.82, 2.24) is 5.43 Å². The Hall–Kier alpha value is -0.160. The maximum Gasteiger partial charge on any atom is 0.0576 e. The van der Waals surface area contributed by atoms with Crippen LogP contribution >= 0.6 is 0 Å². The number of nitrogens with two attached hydrogens (primary N) is 1. The average Bonchev–Trinajstić information content (AvgIpc) is 2.80. The number of hydrogen-bond acceptors (Lipinski definition) is 4. The van der Waals surface area contributed by atoms with Crippen molar-refractivity contribution >= 4 is 0 Å². The number of hydrazine groups is 1. The number of methoxy groups -OCH3 is 1. The Morgan fingerprint density at radius 3 is 2.88 bits per heavy atom. The van der Waals surface area contributed by atoms with E-state index < -0.39 is 0 Å². The van der Waals surface area contributed by atoms with Crippen molar-refractivity contribution in [3.63, 3.8) is 0 Å². The summed E-state index contributed by atoms with van der Waals surface area (Å²) >= 11 is 0. The first-order chi connectivity index (χ1) is 7.77. The van der Waals surface area contributed by atoms with Gasteiger partial charge in [0.15, 0.2) is 0 Å². The van der Waals surface area contributed by atoms with Crippen LogP contribution in [0.4, 0.5) is 0 Å². The van der Waals surface area contributed by atoms with E-state index in [1.54, 1.807) is 7.11 Å². The van der Waals surface area contributed by atoms with Gasteiger partial charge in [0.1, 0.15) is 0 Å². The number of rotatable bonds is 8. The van der Waals surface area contributed by atoms with Crippen molar-refractivity contribution in [1.29, 1.82) is 0 Å². The molecule has 1 saturated heterocycles. The largest absolute Gasteiger partial charge is 0.385 e. The van der Waals surface area contributed by atoms with Crippen LogP contribution in [0.25, 0.3) is 0 Å². The van der Waals surface area contributed by atoms with Gasteiger partial charge in [0.05, 0.1) is 6.10 Å². The summed E-state index contributed by atoms with van der Waals surface area (Å²) in [5, 5.41) is 0. The van der Waals surface area contributed by atoms with E-state index in [1.165, 1.54) is 12.8 Å². The van der Waals surface area contributed by atoms with Crippen molar-refractivity contribution in [2.75, 3.05) is 20.3 Å². The highest BCUT2D eigenvalue weighted by atomic mass is 16.5. The van der Waals surface area contributed by atoms with Crippen LogP contribution < -0.4 is 11.3 Å². The van der Waals surface area contributed by atoms with E-state index in [0.29, 0.717) is 18.1 Å². The first-order valence-corrected chi connectivity index (χ1v) is 6.34. The molecule has 1 aliphatic rings. The normalized spacial score (nSPS) is 24.6. The topological polar surface area (TPSA) is 56.5 Å². The molecule has 0 aromatic rings. The standard InChI is InChI=1S/C12H26N2O2/c1-10(7-9-15-2)12(14-13)6-5-11-4-3-8-16-11/h10-12,14H,3-9,13H2,1-2H3. The summed E-state index contributed by atoms with van der Waals surface area (Å²) < 4.78 is 10.7. The highest BCUT2D eigenvalue weighted by Crippen LogP contribution is 2.20. The third kappa shape index (κ3) is 4.78. The molecule has 1 rings (SSSR count). The molecule has 0 spiro atoms. The zero-order valence-corrected chi connectivity index (χ0v) is 10.6. The summed E-state index contributed by atoms with van der Waals surface area (Å²) in [4.78, 5) is 0. The first kappa shape index (κ1) is 13.9. The van der Waals surface area contributed by atoms with Crippen LogP contribution in [0.1, 0.15) is 39.0 Å². The van der Waals surface area contributed by atoms with Crippen molar-refractivity contribution in [2.45, 2.75) is 51.2 Å². The van der Waals surface area contributed by atoms with E-state index in [-0.39, 0.29) is 0 Å².